The molecule has 0 aromatic heterocycles. The molecule has 0 fully saturated rings. The van der Waals surface area contributed by atoms with Crippen LogP contribution in [0.3, 0.4) is 0 Å². The first-order valence-corrected chi connectivity index (χ1v) is 5.95. The second-order valence-corrected chi connectivity index (χ2v) is 6.08. The Hall–Kier alpha value is 0.740. The molecule has 0 aromatic rings. The molecule has 3 nitrogen and oxygen atoms in total. The van der Waals surface area contributed by atoms with Gasteiger partial charge in [0.25, 0.3) is 0 Å². The molecule has 0 saturated carbocycles. The largest absolute Gasteiger partial charge is 0.409 e. The summed E-state index contributed by atoms with van der Waals surface area (Å²) in [6.07, 6.45) is 0. The summed E-state index contributed by atoms with van der Waals surface area (Å²) in [5.74, 6) is 0. The van der Waals surface area contributed by atoms with Crippen LogP contribution in [0, 0.1) is 0 Å². The van der Waals surface area contributed by atoms with Crippen LogP contribution in [0.1, 0.15) is 13.8 Å². The third-order valence-electron chi connectivity index (χ3n) is 0.909. The summed E-state index contributed by atoms with van der Waals surface area (Å²) in [5.41, 5.74) is 0. The van der Waals surface area contributed by atoms with Crippen molar-refractivity contribution in [3.05, 3.63) is 0 Å². The molecule has 7 heteroatoms. The van der Waals surface area contributed by atoms with Crippen LogP contribution in [0.5, 0.6) is 0 Å². The Balaban J connectivity index is 4.51. The van der Waals surface area contributed by atoms with Crippen molar-refractivity contribution in [1.29, 1.82) is 0 Å². The minimum absolute atomic E-state index is 0.0597. The average molecular weight is 314 g/mol. The number of hydrogen-bond donors (Lipinski definition) is 0. The molecule has 0 bridgehead atoms. The quantitative estimate of drug-likeness (QED) is 0.444. The molecular weight excluding hydrogens is 304 g/mol. The Morgan fingerprint density at radius 2 is 1.67 bits per heavy atom. The van der Waals surface area contributed by atoms with Crippen molar-refractivity contribution in [3.63, 3.8) is 0 Å². The van der Waals surface area contributed by atoms with E-state index in [0.717, 1.165) is 22.6 Å². The summed E-state index contributed by atoms with van der Waals surface area (Å²) in [7, 11) is -4.25. The highest BCUT2D eigenvalue weighted by atomic mass is 127. The van der Waals surface area contributed by atoms with Gasteiger partial charge < -0.3 is 9.05 Å². The van der Waals surface area contributed by atoms with Crippen LogP contribution < -0.4 is 0 Å². The van der Waals surface area contributed by atoms with Gasteiger partial charge in [-0.1, -0.05) is 0 Å². The first kappa shape index (κ1) is 12.7. The number of hydrogen-bond acceptors (Lipinski definition) is 3. The van der Waals surface area contributed by atoms with Gasteiger partial charge in [-0.3, -0.25) is 4.57 Å². The third kappa shape index (κ3) is 3.24. The maximum atomic E-state index is 12.6. The van der Waals surface area contributed by atoms with Gasteiger partial charge in [-0.2, -0.15) is 8.78 Å². The van der Waals surface area contributed by atoms with Crippen LogP contribution in [0.25, 0.3) is 0 Å². The second-order valence-electron chi connectivity index (χ2n) is 1.80. The predicted molar refractivity (Wildman–Crippen MR) is 49.8 cm³/mol. The van der Waals surface area contributed by atoms with E-state index >= 15 is 0 Å². The minimum Gasteiger partial charge on any atom is -0.304 e. The van der Waals surface area contributed by atoms with Gasteiger partial charge in [0.2, 0.25) is 0 Å². The fourth-order valence-corrected chi connectivity index (χ4v) is 2.41. The molecule has 0 aromatic carbocycles. The Labute approximate surface area is 83.5 Å². The molecule has 0 spiro atoms. The van der Waals surface area contributed by atoms with Crippen LogP contribution in [0.2, 0.25) is 0 Å². The lowest BCUT2D eigenvalue weighted by molar-refractivity contribution is 0.124. The lowest BCUT2D eigenvalue weighted by atomic mass is 10.9. The van der Waals surface area contributed by atoms with E-state index in [0.29, 0.717) is 0 Å². The van der Waals surface area contributed by atoms with Crippen molar-refractivity contribution in [2.24, 2.45) is 0 Å². The number of rotatable bonds is 5. The van der Waals surface area contributed by atoms with E-state index in [9.17, 15) is 13.3 Å². The fraction of sp³-hybridized carbons (Fsp3) is 1.00. The van der Waals surface area contributed by atoms with Gasteiger partial charge in [-0.15, -0.1) is 0 Å². The van der Waals surface area contributed by atoms with E-state index in [1.54, 1.807) is 0 Å². The molecule has 0 aliphatic rings. The summed E-state index contributed by atoms with van der Waals surface area (Å²) in [4.78, 5) is 0. The van der Waals surface area contributed by atoms with Crippen molar-refractivity contribution in [2.75, 3.05) is 13.2 Å². The zero-order valence-electron chi connectivity index (χ0n) is 6.72. The second kappa shape index (κ2) is 4.83. The first-order valence-electron chi connectivity index (χ1n) is 3.33. The highest BCUT2D eigenvalue weighted by Crippen LogP contribution is 2.64. The Bertz CT molecular complexity index is 172. The summed E-state index contributed by atoms with van der Waals surface area (Å²) in [5, 5.41) is 0. The van der Waals surface area contributed by atoms with Gasteiger partial charge in [0, 0.05) is 22.6 Å². The van der Waals surface area contributed by atoms with Gasteiger partial charge >= 0.3 is 11.3 Å². The van der Waals surface area contributed by atoms with Gasteiger partial charge in [0.05, 0.1) is 13.2 Å². The van der Waals surface area contributed by atoms with Crippen LogP contribution in [-0.2, 0) is 13.6 Å². The minimum atomic E-state index is -4.25. The molecule has 0 heterocycles. The summed E-state index contributed by atoms with van der Waals surface area (Å²) in [6, 6.07) is 0. The molecule has 0 amide bonds. The molecule has 0 aliphatic carbocycles. The van der Waals surface area contributed by atoms with E-state index in [1.807, 2.05) is 0 Å². The van der Waals surface area contributed by atoms with Crippen LogP contribution >= 0.6 is 30.2 Å². The fourth-order valence-electron chi connectivity index (χ4n) is 0.524. The monoisotopic (exact) mass is 314 g/mol. The SMILES string of the molecule is CCOP(=O)(OCC)C(F)(F)I. The number of alkyl halides is 3. The van der Waals surface area contributed by atoms with Gasteiger partial charge in [-0.05, 0) is 13.8 Å². The van der Waals surface area contributed by atoms with Gasteiger partial charge in [-0.25, -0.2) is 0 Å². The van der Waals surface area contributed by atoms with E-state index < -0.39 is 11.3 Å². The van der Waals surface area contributed by atoms with Crippen LogP contribution in [-0.4, -0.2) is 16.9 Å². The Morgan fingerprint density at radius 3 is 1.83 bits per heavy atom. The van der Waals surface area contributed by atoms with Gasteiger partial charge in [0.15, 0.2) is 0 Å². The van der Waals surface area contributed by atoms with Crippen LogP contribution in [0.15, 0.2) is 0 Å². The Morgan fingerprint density at radius 1 is 1.33 bits per heavy atom. The molecule has 0 saturated heterocycles. The molecule has 74 valence electrons. The molecule has 0 radical (unpaired) electrons. The molecule has 0 rings (SSSR count). The zero-order valence-corrected chi connectivity index (χ0v) is 9.77. The standard InChI is InChI=1S/C5H10F2IO3P/c1-3-10-12(9,11-4-2)5(6,7)8/h3-4H2,1-2H3. The smallest absolute Gasteiger partial charge is 0.304 e. The topological polar surface area (TPSA) is 35.5 Å². The predicted octanol–water partition coefficient (Wildman–Crippen LogP) is 3.24. The molecule has 0 N–H and O–H groups in total. The first-order chi connectivity index (χ1) is 5.37. The number of halogens is 3. The van der Waals surface area contributed by atoms with Crippen LogP contribution in [0.4, 0.5) is 8.78 Å². The summed E-state index contributed by atoms with van der Waals surface area (Å²) in [6.45, 7) is 2.84. The van der Waals surface area contributed by atoms with Crippen molar-refractivity contribution in [1.82, 2.24) is 0 Å². The van der Waals surface area contributed by atoms with Gasteiger partial charge in [0.1, 0.15) is 0 Å². The zero-order chi connectivity index (χ0) is 9.83. The van der Waals surface area contributed by atoms with Crippen molar-refractivity contribution < 1.29 is 22.4 Å². The highest BCUT2D eigenvalue weighted by Gasteiger charge is 2.50. The van der Waals surface area contributed by atoms with E-state index in [4.69, 9.17) is 0 Å². The summed E-state index contributed by atoms with van der Waals surface area (Å²) < 4.78 is 41.8. The molecule has 0 unspecified atom stereocenters. The molecular formula is C5H10F2IO3P. The van der Waals surface area contributed by atoms with E-state index in [1.165, 1.54) is 13.8 Å². The van der Waals surface area contributed by atoms with E-state index in [2.05, 4.69) is 9.05 Å². The van der Waals surface area contributed by atoms with Crippen molar-refractivity contribution >= 4 is 30.2 Å². The average Bonchev–Trinajstić information content (AvgIpc) is 1.86. The lowest BCUT2D eigenvalue weighted by Gasteiger charge is -2.20. The maximum Gasteiger partial charge on any atom is 0.409 e. The molecule has 0 aliphatic heterocycles. The normalized spacial score (nSPS) is 13.4. The Kier molecular flexibility index (Phi) is 5.13. The highest BCUT2D eigenvalue weighted by molar-refractivity contribution is 14.1. The van der Waals surface area contributed by atoms with Crippen molar-refractivity contribution in [3.8, 4) is 0 Å². The van der Waals surface area contributed by atoms with E-state index in [-0.39, 0.29) is 13.2 Å². The summed E-state index contributed by atoms with van der Waals surface area (Å²) >= 11 is 0.756. The maximum absolute atomic E-state index is 12.6. The molecule has 12 heavy (non-hydrogen) atoms. The lowest BCUT2D eigenvalue weighted by Crippen LogP contribution is -2.12. The molecule has 0 atom stereocenters. The van der Waals surface area contributed by atoms with Crippen molar-refractivity contribution in [2.45, 2.75) is 17.5 Å². The third-order valence-corrected chi connectivity index (χ3v) is 4.50.